The van der Waals surface area contributed by atoms with E-state index in [0.717, 1.165) is 5.56 Å². The summed E-state index contributed by atoms with van der Waals surface area (Å²) in [5, 5.41) is 11.2. The lowest BCUT2D eigenvalue weighted by atomic mass is 9.99. The van der Waals surface area contributed by atoms with E-state index in [1.54, 1.807) is 13.8 Å². The second-order valence-corrected chi connectivity index (χ2v) is 7.65. The summed E-state index contributed by atoms with van der Waals surface area (Å²) < 4.78 is 26.9. The third kappa shape index (κ3) is 3.13. The second-order valence-electron chi connectivity index (χ2n) is 5.74. The fourth-order valence-corrected chi connectivity index (χ4v) is 4.34. The van der Waals surface area contributed by atoms with E-state index in [9.17, 15) is 18.5 Å². The minimum atomic E-state index is -3.86. The Morgan fingerprint density at radius 1 is 1.27 bits per heavy atom. The zero-order valence-electron chi connectivity index (χ0n) is 12.8. The number of nitrogens with two attached hydrogens (primary N) is 1. The van der Waals surface area contributed by atoms with Crippen LogP contribution >= 0.6 is 0 Å². The van der Waals surface area contributed by atoms with Gasteiger partial charge < -0.3 is 5.73 Å². The van der Waals surface area contributed by atoms with Gasteiger partial charge in [0.15, 0.2) is 4.90 Å². The van der Waals surface area contributed by atoms with Gasteiger partial charge in [0, 0.05) is 19.2 Å². The molecule has 1 aliphatic heterocycles. The number of nitro benzene ring substituents is 1. The highest BCUT2D eigenvalue weighted by molar-refractivity contribution is 7.89. The van der Waals surface area contributed by atoms with Gasteiger partial charge in [0.25, 0.3) is 5.69 Å². The number of piperidine rings is 1. The van der Waals surface area contributed by atoms with Gasteiger partial charge in [-0.3, -0.25) is 10.1 Å². The number of nitrogens with zero attached hydrogens (tertiary/aromatic N) is 2. The van der Waals surface area contributed by atoms with Crippen molar-refractivity contribution in [3.05, 3.63) is 33.4 Å². The molecule has 8 heteroatoms. The van der Waals surface area contributed by atoms with Crippen molar-refractivity contribution in [2.45, 2.75) is 31.6 Å². The van der Waals surface area contributed by atoms with E-state index in [2.05, 4.69) is 0 Å². The standard InChI is InChI=1S/C14H21N3O4S/c1-10-7-13(17(18)19)14(8-11(10)2)22(20,21)16-5-3-12(9-15)4-6-16/h7-8,12H,3-6,9,15H2,1-2H3. The molecule has 2 N–H and O–H groups in total. The quantitative estimate of drug-likeness (QED) is 0.667. The highest BCUT2D eigenvalue weighted by Crippen LogP contribution is 2.31. The van der Waals surface area contributed by atoms with Gasteiger partial charge in [0.1, 0.15) is 0 Å². The maximum atomic E-state index is 12.8. The number of hydrogen-bond donors (Lipinski definition) is 1. The van der Waals surface area contributed by atoms with Crippen molar-refractivity contribution in [2.75, 3.05) is 19.6 Å². The van der Waals surface area contributed by atoms with Gasteiger partial charge in [-0.15, -0.1) is 0 Å². The van der Waals surface area contributed by atoms with Crippen molar-refractivity contribution in [1.29, 1.82) is 0 Å². The number of rotatable bonds is 4. The maximum absolute atomic E-state index is 12.8. The Morgan fingerprint density at radius 3 is 2.32 bits per heavy atom. The molecule has 22 heavy (non-hydrogen) atoms. The molecule has 0 aliphatic carbocycles. The number of benzene rings is 1. The zero-order valence-corrected chi connectivity index (χ0v) is 13.6. The normalized spacial score (nSPS) is 17.6. The number of hydrogen-bond acceptors (Lipinski definition) is 5. The van der Waals surface area contributed by atoms with Crippen molar-refractivity contribution < 1.29 is 13.3 Å². The lowest BCUT2D eigenvalue weighted by Gasteiger charge is -2.30. The van der Waals surface area contributed by atoms with Crippen LogP contribution in [0.15, 0.2) is 17.0 Å². The molecule has 1 saturated heterocycles. The van der Waals surface area contributed by atoms with Crippen molar-refractivity contribution in [3.63, 3.8) is 0 Å². The third-order valence-electron chi connectivity index (χ3n) is 4.30. The predicted molar refractivity (Wildman–Crippen MR) is 83.1 cm³/mol. The van der Waals surface area contributed by atoms with E-state index >= 15 is 0 Å². The molecule has 2 rings (SSSR count). The van der Waals surface area contributed by atoms with Crippen LogP contribution in [0.25, 0.3) is 0 Å². The van der Waals surface area contributed by atoms with Crippen molar-refractivity contribution in [1.82, 2.24) is 4.31 Å². The van der Waals surface area contributed by atoms with E-state index in [0.29, 0.717) is 44.0 Å². The average Bonchev–Trinajstić information content (AvgIpc) is 2.49. The summed E-state index contributed by atoms with van der Waals surface area (Å²) in [5.74, 6) is 0.321. The topological polar surface area (TPSA) is 107 Å². The molecule has 0 amide bonds. The van der Waals surface area contributed by atoms with Crippen LogP contribution in [0.4, 0.5) is 5.69 Å². The van der Waals surface area contributed by atoms with E-state index in [-0.39, 0.29) is 10.6 Å². The third-order valence-corrected chi connectivity index (χ3v) is 6.22. The molecule has 1 heterocycles. The zero-order chi connectivity index (χ0) is 16.5. The van der Waals surface area contributed by atoms with Gasteiger partial charge in [-0.25, -0.2) is 8.42 Å². The predicted octanol–water partition coefficient (Wildman–Crippen LogP) is 1.57. The minimum Gasteiger partial charge on any atom is -0.330 e. The summed E-state index contributed by atoms with van der Waals surface area (Å²) in [6, 6.07) is 2.73. The number of nitro groups is 1. The molecule has 0 unspecified atom stereocenters. The van der Waals surface area contributed by atoms with Crippen LogP contribution in [0.3, 0.4) is 0 Å². The van der Waals surface area contributed by atoms with Crippen LogP contribution in [0.5, 0.6) is 0 Å². The van der Waals surface area contributed by atoms with Crippen molar-refractivity contribution in [3.8, 4) is 0 Å². The Bertz CT molecular complexity index is 680. The van der Waals surface area contributed by atoms with Gasteiger partial charge >= 0.3 is 0 Å². The summed E-state index contributed by atoms with van der Waals surface area (Å²) in [6.45, 7) is 4.73. The molecule has 1 fully saturated rings. The monoisotopic (exact) mass is 327 g/mol. The van der Waals surface area contributed by atoms with Gasteiger partial charge in [0.05, 0.1) is 4.92 Å². The number of aryl methyl sites for hydroxylation is 2. The molecule has 122 valence electrons. The molecule has 1 aliphatic rings. The van der Waals surface area contributed by atoms with Crippen LogP contribution < -0.4 is 5.73 Å². The first kappa shape index (κ1) is 16.9. The van der Waals surface area contributed by atoms with Crippen LogP contribution in [-0.2, 0) is 10.0 Å². The molecule has 0 spiro atoms. The highest BCUT2D eigenvalue weighted by Gasteiger charge is 2.34. The molecule has 7 nitrogen and oxygen atoms in total. The molecule has 0 aromatic heterocycles. The molecule has 0 bridgehead atoms. The van der Waals surface area contributed by atoms with Gasteiger partial charge in [-0.1, -0.05) is 0 Å². The summed E-state index contributed by atoms with van der Waals surface area (Å²) in [7, 11) is -3.86. The molecule has 0 atom stereocenters. The largest absolute Gasteiger partial charge is 0.330 e. The van der Waals surface area contributed by atoms with Gasteiger partial charge in [0.2, 0.25) is 10.0 Å². The Labute approximate surface area is 130 Å². The summed E-state index contributed by atoms with van der Waals surface area (Å²) in [4.78, 5) is 10.4. The molecule has 1 aromatic carbocycles. The Balaban J connectivity index is 2.42. The maximum Gasteiger partial charge on any atom is 0.289 e. The Morgan fingerprint density at radius 2 is 1.82 bits per heavy atom. The molecule has 0 saturated carbocycles. The van der Waals surface area contributed by atoms with Gasteiger partial charge in [-0.05, 0) is 56.3 Å². The van der Waals surface area contributed by atoms with Gasteiger partial charge in [-0.2, -0.15) is 4.31 Å². The van der Waals surface area contributed by atoms with Crippen LogP contribution in [-0.4, -0.2) is 37.3 Å². The molecular weight excluding hydrogens is 306 g/mol. The fraction of sp³-hybridized carbons (Fsp3) is 0.571. The first-order valence-corrected chi connectivity index (χ1v) is 8.67. The first-order valence-electron chi connectivity index (χ1n) is 7.23. The molecule has 1 aromatic rings. The molecule has 0 radical (unpaired) electrons. The van der Waals surface area contributed by atoms with E-state index in [1.807, 2.05) is 0 Å². The lowest BCUT2D eigenvalue weighted by molar-refractivity contribution is -0.387. The van der Waals surface area contributed by atoms with E-state index < -0.39 is 14.9 Å². The minimum absolute atomic E-state index is 0.216. The van der Waals surface area contributed by atoms with E-state index in [1.165, 1.54) is 16.4 Å². The van der Waals surface area contributed by atoms with Crippen LogP contribution in [0.1, 0.15) is 24.0 Å². The fourth-order valence-electron chi connectivity index (χ4n) is 2.65. The average molecular weight is 327 g/mol. The van der Waals surface area contributed by atoms with Crippen LogP contribution in [0.2, 0.25) is 0 Å². The number of sulfonamides is 1. The SMILES string of the molecule is Cc1cc([N+](=O)[O-])c(S(=O)(=O)N2CCC(CN)CC2)cc1C. The summed E-state index contributed by atoms with van der Waals surface area (Å²) >= 11 is 0. The smallest absolute Gasteiger partial charge is 0.289 e. The molecular formula is C14H21N3O4S. The van der Waals surface area contributed by atoms with E-state index in [4.69, 9.17) is 5.73 Å². The summed E-state index contributed by atoms with van der Waals surface area (Å²) in [6.07, 6.45) is 1.38. The highest BCUT2D eigenvalue weighted by atomic mass is 32.2. The Kier molecular flexibility index (Phi) is 4.84. The summed E-state index contributed by atoms with van der Waals surface area (Å²) in [5.41, 5.74) is 6.68. The Hall–Kier alpha value is -1.51. The first-order chi connectivity index (χ1) is 10.3. The van der Waals surface area contributed by atoms with Crippen LogP contribution in [0, 0.1) is 29.9 Å². The van der Waals surface area contributed by atoms with Crippen molar-refractivity contribution in [2.24, 2.45) is 11.7 Å². The van der Waals surface area contributed by atoms with Crippen molar-refractivity contribution >= 4 is 15.7 Å². The lowest BCUT2D eigenvalue weighted by Crippen LogP contribution is -2.40. The second kappa shape index (κ2) is 6.31.